The molecule has 5 rings (SSSR count). The van der Waals surface area contributed by atoms with E-state index in [-0.39, 0.29) is 35.6 Å². The number of β-lactam (4-membered cyclic amide) rings is 1. The second-order valence-electron chi connectivity index (χ2n) is 10.5. The lowest BCUT2D eigenvalue weighted by molar-refractivity contribution is -0.171. The highest BCUT2D eigenvalue weighted by atomic mass is 32.2. The molecule has 2 saturated heterocycles. The number of phenols is 1. The fraction of sp³-hybridized carbons (Fsp3) is 0.323. The number of hydrogen-bond acceptors (Lipinski definition) is 6. The minimum Gasteiger partial charge on any atom is -0.508 e. The topological polar surface area (TPSA) is 110 Å². The number of fused-ring (bicyclic) bond motifs is 1. The summed E-state index contributed by atoms with van der Waals surface area (Å²) in [4.78, 5) is 43.0. The Kier molecular flexibility index (Phi) is 7.61. The quantitative estimate of drug-likeness (QED) is 0.364. The van der Waals surface area contributed by atoms with E-state index in [2.05, 4.69) is 5.32 Å². The molecule has 3 amide bonds. The van der Waals surface area contributed by atoms with Gasteiger partial charge in [0.2, 0.25) is 5.91 Å². The second-order valence-corrected chi connectivity index (χ2v) is 11.9. The second kappa shape index (κ2) is 11.0. The number of hydrogen-bond donors (Lipinski definition) is 3. The van der Waals surface area contributed by atoms with Gasteiger partial charge in [-0.1, -0.05) is 66.7 Å². The molecular formula is C31H33N3O5S. The fourth-order valence-electron chi connectivity index (χ4n) is 5.71. The maximum absolute atomic E-state index is 13.7. The van der Waals surface area contributed by atoms with Crippen molar-refractivity contribution in [2.45, 2.75) is 56.3 Å². The number of carbonyl (C=O) groups excluding carboxylic acids is 3. The average Bonchev–Trinajstić information content (AvgIpc) is 3.26. The Balaban J connectivity index is 1.36. The molecular weight excluding hydrogens is 526 g/mol. The smallest absolute Gasteiger partial charge is 0.255 e. The summed E-state index contributed by atoms with van der Waals surface area (Å²) in [6.07, 6.45) is -1.39. The highest BCUT2D eigenvalue weighted by Gasteiger charge is 2.66. The van der Waals surface area contributed by atoms with Crippen LogP contribution in [0.1, 0.15) is 46.9 Å². The van der Waals surface area contributed by atoms with Crippen molar-refractivity contribution in [3.63, 3.8) is 0 Å². The van der Waals surface area contributed by atoms with Crippen LogP contribution in [-0.4, -0.2) is 66.7 Å². The number of rotatable bonds is 8. The summed E-state index contributed by atoms with van der Waals surface area (Å²) >= 11 is 1.50. The van der Waals surface area contributed by atoms with E-state index >= 15 is 0 Å². The monoisotopic (exact) mass is 559 g/mol. The molecule has 3 N–H and O–H groups in total. The van der Waals surface area contributed by atoms with Gasteiger partial charge in [0.25, 0.3) is 11.8 Å². The molecule has 2 fully saturated rings. The first-order valence-electron chi connectivity index (χ1n) is 13.3. The van der Waals surface area contributed by atoms with Gasteiger partial charge in [-0.2, -0.15) is 0 Å². The molecule has 2 heterocycles. The third-order valence-electron chi connectivity index (χ3n) is 8.02. The number of aliphatic hydroxyl groups is 1. The summed E-state index contributed by atoms with van der Waals surface area (Å²) in [6.45, 7) is 5.56. The van der Waals surface area contributed by atoms with Crippen LogP contribution < -0.4 is 5.32 Å². The zero-order valence-electron chi connectivity index (χ0n) is 22.7. The van der Waals surface area contributed by atoms with Gasteiger partial charge in [0.1, 0.15) is 16.7 Å². The number of carbonyl (C=O) groups is 3. The predicted octanol–water partition coefficient (Wildman–Crippen LogP) is 3.62. The Bertz CT molecular complexity index is 1420. The molecule has 0 bridgehead atoms. The minimum absolute atomic E-state index is 0.0185. The normalized spacial score (nSPS) is 22.2. The standard InChI is InChI=1S/C31H33N3O5S/c1-19-23(15-10-16-25(19)35)28(37)32-24(17-21-11-6-4-7-12-21)26(36)29(38)33-18-40-31(3)27(33)30(39)34(31)20(2)22-13-8-5-9-14-22/h4-16,20,24,26-27,35-36H,17-18H2,1-3H3,(H,32,37)/t20-,24-,26-,27+,31?/m0/s1. The molecule has 0 radical (unpaired) electrons. The Hall–Kier alpha value is -3.82. The van der Waals surface area contributed by atoms with Crippen LogP contribution in [0.4, 0.5) is 0 Å². The van der Waals surface area contributed by atoms with E-state index in [0.29, 0.717) is 5.56 Å². The number of amides is 3. The van der Waals surface area contributed by atoms with Gasteiger partial charge in [0.05, 0.1) is 18.0 Å². The number of aliphatic hydroxyl groups excluding tert-OH is 1. The van der Waals surface area contributed by atoms with Crippen LogP contribution in [-0.2, 0) is 16.0 Å². The first-order valence-corrected chi connectivity index (χ1v) is 14.3. The van der Waals surface area contributed by atoms with Gasteiger partial charge >= 0.3 is 0 Å². The van der Waals surface area contributed by atoms with Gasteiger partial charge in [0.15, 0.2) is 6.10 Å². The summed E-state index contributed by atoms with van der Waals surface area (Å²) in [7, 11) is 0. The number of nitrogens with zero attached hydrogens (tertiary/aromatic N) is 2. The van der Waals surface area contributed by atoms with Crippen molar-refractivity contribution in [2.75, 3.05) is 5.88 Å². The molecule has 3 aromatic rings. The molecule has 2 aliphatic heterocycles. The Labute approximate surface area is 238 Å². The molecule has 9 heteroatoms. The summed E-state index contributed by atoms with van der Waals surface area (Å²) in [5.74, 6) is -1.04. The van der Waals surface area contributed by atoms with Gasteiger partial charge in [0, 0.05) is 11.1 Å². The molecule has 0 saturated carbocycles. The largest absolute Gasteiger partial charge is 0.508 e. The molecule has 0 aliphatic carbocycles. The van der Waals surface area contributed by atoms with E-state index in [0.717, 1.165) is 11.1 Å². The molecule has 8 nitrogen and oxygen atoms in total. The maximum Gasteiger partial charge on any atom is 0.255 e. The molecule has 3 aromatic carbocycles. The SMILES string of the molecule is Cc1c(O)cccc1C(=O)N[C@@H](Cc1ccccc1)[C@H](O)C(=O)N1CSC2(C)[C@H]1C(=O)N2[C@@H](C)c1ccccc1. The lowest BCUT2D eigenvalue weighted by Gasteiger charge is -2.55. The summed E-state index contributed by atoms with van der Waals surface area (Å²) < 4.78 is 0. The van der Waals surface area contributed by atoms with E-state index < -0.39 is 34.9 Å². The number of benzene rings is 3. The van der Waals surface area contributed by atoms with Gasteiger partial charge in [-0.25, -0.2) is 0 Å². The Morgan fingerprint density at radius 1 is 1.05 bits per heavy atom. The zero-order chi connectivity index (χ0) is 28.6. The maximum atomic E-state index is 13.7. The van der Waals surface area contributed by atoms with Gasteiger partial charge in [-0.15, -0.1) is 11.8 Å². The van der Waals surface area contributed by atoms with Crippen LogP contribution >= 0.6 is 11.8 Å². The third-order valence-corrected chi connectivity index (χ3v) is 9.43. The average molecular weight is 560 g/mol. The van der Waals surface area contributed by atoms with Crippen LogP contribution in [0.3, 0.4) is 0 Å². The van der Waals surface area contributed by atoms with Crippen LogP contribution in [0, 0.1) is 6.92 Å². The van der Waals surface area contributed by atoms with Crippen molar-refractivity contribution in [3.05, 3.63) is 101 Å². The molecule has 2 aliphatic rings. The lowest BCUT2D eigenvalue weighted by Crippen LogP contribution is -2.74. The summed E-state index contributed by atoms with van der Waals surface area (Å²) in [6, 6.07) is 21.8. The molecule has 1 unspecified atom stereocenters. The van der Waals surface area contributed by atoms with Crippen molar-refractivity contribution >= 4 is 29.5 Å². The molecule has 5 atom stereocenters. The molecule has 0 spiro atoms. The Morgan fingerprint density at radius 2 is 1.70 bits per heavy atom. The first-order chi connectivity index (χ1) is 19.1. The van der Waals surface area contributed by atoms with Crippen molar-refractivity contribution < 1.29 is 24.6 Å². The number of aromatic hydroxyl groups is 1. The molecule has 208 valence electrons. The van der Waals surface area contributed by atoms with Crippen molar-refractivity contribution in [3.8, 4) is 5.75 Å². The zero-order valence-corrected chi connectivity index (χ0v) is 23.5. The van der Waals surface area contributed by atoms with Crippen LogP contribution in [0.15, 0.2) is 78.9 Å². The fourth-order valence-corrected chi connectivity index (χ4v) is 7.15. The predicted molar refractivity (Wildman–Crippen MR) is 153 cm³/mol. The van der Waals surface area contributed by atoms with Crippen molar-refractivity contribution in [2.24, 2.45) is 0 Å². The minimum atomic E-state index is -1.59. The number of nitrogens with one attached hydrogen (secondary N) is 1. The lowest BCUT2D eigenvalue weighted by atomic mass is 9.89. The number of phenolic OH excluding ortho intramolecular Hbond substituents is 1. The van der Waals surface area contributed by atoms with Gasteiger partial charge in [-0.3, -0.25) is 14.4 Å². The van der Waals surface area contributed by atoms with Crippen LogP contribution in [0.5, 0.6) is 5.75 Å². The molecule has 40 heavy (non-hydrogen) atoms. The van der Waals surface area contributed by atoms with Crippen molar-refractivity contribution in [1.82, 2.24) is 15.1 Å². The first kappa shape index (κ1) is 27.7. The number of likely N-dealkylation sites (tertiary alicyclic amines) is 1. The number of thioether (sulfide) groups is 1. The van der Waals surface area contributed by atoms with Gasteiger partial charge in [-0.05, 0) is 50.5 Å². The van der Waals surface area contributed by atoms with Crippen molar-refractivity contribution in [1.29, 1.82) is 0 Å². The third kappa shape index (κ3) is 4.84. The van der Waals surface area contributed by atoms with E-state index in [1.54, 1.807) is 19.1 Å². The van der Waals surface area contributed by atoms with E-state index in [9.17, 15) is 24.6 Å². The summed E-state index contributed by atoms with van der Waals surface area (Å²) in [5.41, 5.74) is 2.49. The van der Waals surface area contributed by atoms with Crippen LogP contribution in [0.25, 0.3) is 0 Å². The Morgan fingerprint density at radius 3 is 2.38 bits per heavy atom. The van der Waals surface area contributed by atoms with E-state index in [1.807, 2.05) is 79.4 Å². The highest BCUT2D eigenvalue weighted by Crippen LogP contribution is 2.53. The van der Waals surface area contributed by atoms with E-state index in [1.165, 1.54) is 22.7 Å². The highest BCUT2D eigenvalue weighted by molar-refractivity contribution is 8.01. The van der Waals surface area contributed by atoms with E-state index in [4.69, 9.17) is 0 Å². The van der Waals surface area contributed by atoms with Crippen LogP contribution in [0.2, 0.25) is 0 Å². The van der Waals surface area contributed by atoms with Gasteiger partial charge < -0.3 is 25.3 Å². The summed E-state index contributed by atoms with van der Waals surface area (Å²) in [5, 5.41) is 24.3. The molecule has 0 aromatic heterocycles.